The van der Waals surface area contributed by atoms with Gasteiger partial charge in [0.05, 0.1) is 5.03 Å². The maximum absolute atomic E-state index is 4.29. The van der Waals surface area contributed by atoms with Gasteiger partial charge in [-0.15, -0.1) is 11.8 Å². The number of rotatable bonds is 1. The molecule has 2 heteroatoms. The smallest absolute Gasteiger partial charge is 0.0963 e. The Balaban J connectivity index is 0.000000461. The molecule has 0 aliphatic heterocycles. The Morgan fingerprint density at radius 1 is 1.07 bits per heavy atom. The Labute approximate surface area is 89.6 Å². The molecule has 1 aromatic carbocycles. The second kappa shape index (κ2) is 5.66. The first-order valence-corrected chi connectivity index (χ1v) is 6.01. The van der Waals surface area contributed by atoms with Crippen molar-refractivity contribution >= 4 is 22.5 Å². The lowest BCUT2D eigenvalue weighted by molar-refractivity contribution is 1.16. The largest absolute Gasteiger partial charge is 0.249 e. The van der Waals surface area contributed by atoms with Crippen LogP contribution in [0.1, 0.15) is 13.8 Å². The van der Waals surface area contributed by atoms with Crippen molar-refractivity contribution in [2.75, 3.05) is 6.26 Å². The molecule has 0 saturated carbocycles. The Morgan fingerprint density at radius 2 is 1.71 bits per heavy atom. The van der Waals surface area contributed by atoms with Gasteiger partial charge in [-0.3, -0.25) is 0 Å². The summed E-state index contributed by atoms with van der Waals surface area (Å²) in [6.07, 6.45) is 3.96. The van der Waals surface area contributed by atoms with Crippen LogP contribution >= 0.6 is 11.8 Å². The quantitative estimate of drug-likeness (QED) is 0.653. The zero-order valence-electron chi connectivity index (χ0n) is 8.82. The zero-order valence-corrected chi connectivity index (χ0v) is 9.64. The molecule has 0 unspecified atom stereocenters. The summed E-state index contributed by atoms with van der Waals surface area (Å²) >= 11 is 1.67. The van der Waals surface area contributed by atoms with Crippen molar-refractivity contribution in [2.24, 2.45) is 0 Å². The monoisotopic (exact) mass is 205 g/mol. The average Bonchev–Trinajstić information content (AvgIpc) is 2.31. The van der Waals surface area contributed by atoms with Gasteiger partial charge in [-0.1, -0.05) is 38.1 Å². The van der Waals surface area contributed by atoms with E-state index in [0.717, 1.165) is 5.03 Å². The van der Waals surface area contributed by atoms with Crippen molar-refractivity contribution in [1.29, 1.82) is 0 Å². The number of benzene rings is 1. The van der Waals surface area contributed by atoms with Gasteiger partial charge in [-0.25, -0.2) is 4.98 Å². The highest BCUT2D eigenvalue weighted by Gasteiger charge is 1.94. The van der Waals surface area contributed by atoms with Crippen LogP contribution in [0.2, 0.25) is 0 Å². The summed E-state index contributed by atoms with van der Waals surface area (Å²) in [4.78, 5) is 4.29. The van der Waals surface area contributed by atoms with Gasteiger partial charge in [0, 0.05) is 11.6 Å². The van der Waals surface area contributed by atoms with E-state index in [-0.39, 0.29) is 0 Å². The van der Waals surface area contributed by atoms with E-state index in [1.165, 1.54) is 10.8 Å². The van der Waals surface area contributed by atoms with Gasteiger partial charge in [0.25, 0.3) is 0 Å². The predicted molar refractivity (Wildman–Crippen MR) is 64.9 cm³/mol. The lowest BCUT2D eigenvalue weighted by Gasteiger charge is -1.98. The fraction of sp³-hybridized carbons (Fsp3) is 0.250. The highest BCUT2D eigenvalue weighted by molar-refractivity contribution is 7.98. The summed E-state index contributed by atoms with van der Waals surface area (Å²) < 4.78 is 0. The average molecular weight is 205 g/mol. The third-order valence-electron chi connectivity index (χ3n) is 1.82. The standard InChI is InChI=1S/C10H9NS.C2H6/c1-12-10-6-8-4-2-3-5-9(8)7-11-10;1-2/h2-7H,1H3;1-2H3. The number of thioether (sulfide) groups is 1. The fourth-order valence-electron chi connectivity index (χ4n) is 1.17. The van der Waals surface area contributed by atoms with Gasteiger partial charge >= 0.3 is 0 Å². The van der Waals surface area contributed by atoms with Crippen molar-refractivity contribution in [3.63, 3.8) is 0 Å². The summed E-state index contributed by atoms with van der Waals surface area (Å²) in [6, 6.07) is 10.4. The van der Waals surface area contributed by atoms with Crippen molar-refractivity contribution in [1.82, 2.24) is 4.98 Å². The van der Waals surface area contributed by atoms with Crippen LogP contribution in [-0.4, -0.2) is 11.2 Å². The van der Waals surface area contributed by atoms with Crippen molar-refractivity contribution in [2.45, 2.75) is 18.9 Å². The first-order chi connectivity index (χ1) is 6.90. The molecule has 0 aliphatic rings. The molecule has 14 heavy (non-hydrogen) atoms. The third-order valence-corrected chi connectivity index (χ3v) is 2.46. The summed E-state index contributed by atoms with van der Waals surface area (Å²) in [5.41, 5.74) is 0. The predicted octanol–water partition coefficient (Wildman–Crippen LogP) is 3.98. The van der Waals surface area contributed by atoms with Crippen LogP contribution in [-0.2, 0) is 0 Å². The first-order valence-electron chi connectivity index (χ1n) is 4.79. The zero-order chi connectivity index (χ0) is 10.4. The molecule has 0 fully saturated rings. The fourth-order valence-corrected chi connectivity index (χ4v) is 1.58. The molecule has 0 radical (unpaired) electrons. The van der Waals surface area contributed by atoms with Crippen LogP contribution in [0.15, 0.2) is 41.6 Å². The maximum atomic E-state index is 4.29. The van der Waals surface area contributed by atoms with E-state index in [9.17, 15) is 0 Å². The summed E-state index contributed by atoms with van der Waals surface area (Å²) in [6.45, 7) is 4.00. The van der Waals surface area contributed by atoms with Gasteiger partial charge in [0.1, 0.15) is 0 Å². The van der Waals surface area contributed by atoms with E-state index in [1.807, 2.05) is 38.4 Å². The van der Waals surface area contributed by atoms with Crippen molar-refractivity contribution in [3.05, 3.63) is 36.5 Å². The molecule has 0 bridgehead atoms. The molecule has 0 N–H and O–H groups in total. The third kappa shape index (κ3) is 2.48. The number of nitrogens with zero attached hydrogens (tertiary/aromatic N) is 1. The minimum absolute atomic E-state index is 1.08. The van der Waals surface area contributed by atoms with Gasteiger partial charge in [0.15, 0.2) is 0 Å². The van der Waals surface area contributed by atoms with Gasteiger partial charge in [-0.2, -0.15) is 0 Å². The van der Waals surface area contributed by atoms with Gasteiger partial charge in [-0.05, 0) is 17.7 Å². The number of hydrogen-bond donors (Lipinski definition) is 0. The van der Waals surface area contributed by atoms with Crippen LogP contribution in [0, 0.1) is 0 Å². The van der Waals surface area contributed by atoms with Crippen LogP contribution < -0.4 is 0 Å². The van der Waals surface area contributed by atoms with Crippen molar-refractivity contribution in [3.8, 4) is 0 Å². The lowest BCUT2D eigenvalue weighted by atomic mass is 10.2. The lowest BCUT2D eigenvalue weighted by Crippen LogP contribution is -1.78. The molecular weight excluding hydrogens is 190 g/mol. The Hall–Kier alpha value is -1.02. The molecule has 0 spiro atoms. The Bertz CT molecular complexity index is 398. The van der Waals surface area contributed by atoms with Gasteiger partial charge in [0.2, 0.25) is 0 Å². The summed E-state index contributed by atoms with van der Waals surface area (Å²) in [5, 5.41) is 3.54. The molecule has 0 saturated heterocycles. The molecule has 0 aliphatic carbocycles. The topological polar surface area (TPSA) is 12.9 Å². The molecule has 1 nitrogen and oxygen atoms in total. The molecule has 74 valence electrons. The second-order valence-electron chi connectivity index (χ2n) is 2.57. The number of pyridine rings is 1. The van der Waals surface area contributed by atoms with E-state index < -0.39 is 0 Å². The van der Waals surface area contributed by atoms with Crippen LogP contribution in [0.5, 0.6) is 0 Å². The molecule has 1 aromatic heterocycles. The molecule has 0 amide bonds. The van der Waals surface area contributed by atoms with Crippen LogP contribution in [0.4, 0.5) is 0 Å². The highest BCUT2D eigenvalue weighted by atomic mass is 32.2. The van der Waals surface area contributed by atoms with Gasteiger partial charge < -0.3 is 0 Å². The number of hydrogen-bond acceptors (Lipinski definition) is 2. The van der Waals surface area contributed by atoms with E-state index in [0.29, 0.717) is 0 Å². The molecule has 0 atom stereocenters. The minimum Gasteiger partial charge on any atom is -0.249 e. The normalized spacial score (nSPS) is 9.36. The minimum atomic E-state index is 1.08. The summed E-state index contributed by atoms with van der Waals surface area (Å²) in [7, 11) is 0. The molecule has 2 rings (SSSR count). The Kier molecular flexibility index (Phi) is 4.47. The molecule has 2 aromatic rings. The van der Waals surface area contributed by atoms with E-state index in [1.54, 1.807) is 11.8 Å². The van der Waals surface area contributed by atoms with Crippen LogP contribution in [0.3, 0.4) is 0 Å². The SMILES string of the molecule is CC.CSc1cc2ccccc2cn1. The summed E-state index contributed by atoms with van der Waals surface area (Å²) in [5.74, 6) is 0. The molecule has 1 heterocycles. The van der Waals surface area contributed by atoms with Crippen molar-refractivity contribution < 1.29 is 0 Å². The second-order valence-corrected chi connectivity index (χ2v) is 3.40. The Morgan fingerprint density at radius 3 is 2.36 bits per heavy atom. The van der Waals surface area contributed by atoms with Crippen LogP contribution in [0.25, 0.3) is 10.8 Å². The van der Waals surface area contributed by atoms with E-state index in [2.05, 4.69) is 23.2 Å². The number of aromatic nitrogens is 1. The molecular formula is C12H15NS. The maximum Gasteiger partial charge on any atom is 0.0963 e. The highest BCUT2D eigenvalue weighted by Crippen LogP contribution is 2.18. The van der Waals surface area contributed by atoms with E-state index >= 15 is 0 Å². The van der Waals surface area contributed by atoms with E-state index in [4.69, 9.17) is 0 Å². The first kappa shape index (κ1) is 11.1. The number of fused-ring (bicyclic) bond motifs is 1.